The van der Waals surface area contributed by atoms with Crippen LogP contribution >= 0.6 is 0 Å². The number of amides is 1. The van der Waals surface area contributed by atoms with E-state index in [9.17, 15) is 22.8 Å². The molecule has 0 bridgehead atoms. The fourth-order valence-corrected chi connectivity index (χ4v) is 4.84. The summed E-state index contributed by atoms with van der Waals surface area (Å²) in [6.07, 6.45) is -0.439. The molecule has 1 amide bonds. The van der Waals surface area contributed by atoms with Crippen molar-refractivity contribution in [3.8, 4) is 0 Å². The lowest BCUT2D eigenvalue weighted by molar-refractivity contribution is -0.137. The standard InChI is InChI=1S/C25H28F3N3O2/c26-25(27,28)20-14-19(23(32)13-17-4-3-5-18(12-17)24(29)33)15-22(16-20)31-10-6-21(7-11-31)30-8-1-2-9-30/h3-5,12,14-16,21H,1-2,6-11,13H2,(H2,29,33). The van der Waals surface area contributed by atoms with Gasteiger partial charge in [-0.15, -0.1) is 0 Å². The zero-order valence-electron chi connectivity index (χ0n) is 18.4. The minimum atomic E-state index is -4.55. The first kappa shape index (κ1) is 23.3. The predicted molar refractivity (Wildman–Crippen MR) is 120 cm³/mol. The van der Waals surface area contributed by atoms with Crippen LogP contribution in [-0.4, -0.2) is 48.8 Å². The summed E-state index contributed by atoms with van der Waals surface area (Å²) in [7, 11) is 0. The van der Waals surface area contributed by atoms with Gasteiger partial charge in [-0.3, -0.25) is 9.59 Å². The van der Waals surface area contributed by atoms with Gasteiger partial charge in [0.25, 0.3) is 0 Å². The third kappa shape index (κ3) is 5.55. The molecule has 2 fully saturated rings. The number of rotatable bonds is 6. The van der Waals surface area contributed by atoms with Gasteiger partial charge in [-0.1, -0.05) is 12.1 Å². The summed E-state index contributed by atoms with van der Waals surface area (Å²) in [6.45, 7) is 3.53. The van der Waals surface area contributed by atoms with E-state index in [1.54, 1.807) is 18.2 Å². The van der Waals surface area contributed by atoms with Crippen molar-refractivity contribution in [2.75, 3.05) is 31.1 Å². The van der Waals surface area contributed by atoms with Crippen molar-refractivity contribution in [3.63, 3.8) is 0 Å². The SMILES string of the molecule is NC(=O)c1cccc(CC(=O)c2cc(N3CCC(N4CCCC4)CC3)cc(C(F)(F)F)c2)c1. The number of alkyl halides is 3. The molecule has 2 heterocycles. The number of carbonyl (C=O) groups excluding carboxylic acids is 2. The molecule has 176 valence electrons. The summed E-state index contributed by atoms with van der Waals surface area (Å²) in [5.74, 6) is -1.06. The van der Waals surface area contributed by atoms with Gasteiger partial charge in [0.05, 0.1) is 5.56 Å². The van der Waals surface area contributed by atoms with E-state index < -0.39 is 23.4 Å². The molecule has 8 heteroatoms. The number of piperidine rings is 1. The first-order valence-corrected chi connectivity index (χ1v) is 11.3. The van der Waals surface area contributed by atoms with Gasteiger partial charge in [0.2, 0.25) is 5.91 Å². The average molecular weight is 460 g/mol. The van der Waals surface area contributed by atoms with E-state index in [1.807, 2.05) is 4.90 Å². The van der Waals surface area contributed by atoms with E-state index in [2.05, 4.69) is 4.90 Å². The van der Waals surface area contributed by atoms with E-state index in [4.69, 9.17) is 5.73 Å². The normalized spacial score (nSPS) is 18.0. The Morgan fingerprint density at radius 3 is 2.27 bits per heavy atom. The van der Waals surface area contributed by atoms with E-state index in [0.29, 0.717) is 30.4 Å². The van der Waals surface area contributed by atoms with Crippen LogP contribution in [0.4, 0.5) is 18.9 Å². The van der Waals surface area contributed by atoms with E-state index >= 15 is 0 Å². The third-order valence-electron chi connectivity index (χ3n) is 6.63. The number of likely N-dealkylation sites (tertiary alicyclic amines) is 1. The van der Waals surface area contributed by atoms with Crippen molar-refractivity contribution in [2.45, 2.75) is 44.3 Å². The summed E-state index contributed by atoms with van der Waals surface area (Å²) >= 11 is 0. The highest BCUT2D eigenvalue weighted by Crippen LogP contribution is 2.34. The summed E-state index contributed by atoms with van der Waals surface area (Å²) in [6, 6.07) is 10.4. The molecule has 2 saturated heterocycles. The largest absolute Gasteiger partial charge is 0.416 e. The molecule has 33 heavy (non-hydrogen) atoms. The maximum Gasteiger partial charge on any atom is 0.416 e. The van der Waals surface area contributed by atoms with Crippen molar-refractivity contribution in [1.29, 1.82) is 0 Å². The van der Waals surface area contributed by atoms with Crippen molar-refractivity contribution in [3.05, 3.63) is 64.7 Å². The molecule has 0 unspecified atom stereocenters. The highest BCUT2D eigenvalue weighted by molar-refractivity contribution is 5.99. The molecule has 0 saturated carbocycles. The number of hydrogen-bond donors (Lipinski definition) is 1. The second-order valence-electron chi connectivity index (χ2n) is 8.89. The number of benzene rings is 2. The van der Waals surface area contributed by atoms with Crippen LogP contribution in [0.5, 0.6) is 0 Å². The summed E-state index contributed by atoms with van der Waals surface area (Å²) < 4.78 is 40.9. The second-order valence-corrected chi connectivity index (χ2v) is 8.89. The molecule has 0 spiro atoms. The third-order valence-corrected chi connectivity index (χ3v) is 6.63. The number of halogens is 3. The van der Waals surface area contributed by atoms with Gasteiger partial charge in [-0.05, 0) is 74.7 Å². The first-order valence-electron chi connectivity index (χ1n) is 11.3. The van der Waals surface area contributed by atoms with Crippen LogP contribution < -0.4 is 10.6 Å². The lowest BCUT2D eigenvalue weighted by atomic mass is 9.97. The molecule has 0 radical (unpaired) electrons. The molecule has 0 atom stereocenters. The average Bonchev–Trinajstić information content (AvgIpc) is 3.33. The number of ketones is 1. The quantitative estimate of drug-likeness (QED) is 0.655. The Labute approximate surface area is 191 Å². The van der Waals surface area contributed by atoms with Crippen LogP contribution in [0.2, 0.25) is 0 Å². The number of hydrogen-bond acceptors (Lipinski definition) is 4. The number of nitrogens with two attached hydrogens (primary N) is 1. The van der Waals surface area contributed by atoms with Gasteiger partial charge in [-0.25, -0.2) is 0 Å². The molecule has 2 aromatic carbocycles. The number of Topliss-reactive ketones (excluding diaryl/α,β-unsaturated/α-hetero) is 1. The van der Waals surface area contributed by atoms with Gasteiger partial charge in [0.1, 0.15) is 0 Å². The van der Waals surface area contributed by atoms with Gasteiger partial charge in [-0.2, -0.15) is 13.2 Å². The minimum Gasteiger partial charge on any atom is -0.371 e. The molecule has 2 N–H and O–H groups in total. The molecular weight excluding hydrogens is 431 g/mol. The molecule has 2 aliphatic rings. The Balaban J connectivity index is 1.54. The highest BCUT2D eigenvalue weighted by Gasteiger charge is 2.33. The van der Waals surface area contributed by atoms with Crippen LogP contribution in [-0.2, 0) is 12.6 Å². The topological polar surface area (TPSA) is 66.6 Å². The Morgan fingerprint density at radius 2 is 1.64 bits per heavy atom. The van der Waals surface area contributed by atoms with Gasteiger partial charge in [0.15, 0.2) is 5.78 Å². The maximum atomic E-state index is 13.6. The van der Waals surface area contributed by atoms with Crippen LogP contribution in [0, 0.1) is 0 Å². The smallest absolute Gasteiger partial charge is 0.371 e. The van der Waals surface area contributed by atoms with Crippen molar-refractivity contribution in [1.82, 2.24) is 4.90 Å². The Hall–Kier alpha value is -2.87. The van der Waals surface area contributed by atoms with E-state index in [0.717, 1.165) is 38.1 Å². The maximum absolute atomic E-state index is 13.6. The monoisotopic (exact) mass is 459 g/mol. The molecular formula is C25H28F3N3O2. The first-order chi connectivity index (χ1) is 15.7. The van der Waals surface area contributed by atoms with Crippen LogP contribution in [0.3, 0.4) is 0 Å². The van der Waals surface area contributed by atoms with Gasteiger partial charge in [0, 0.05) is 42.4 Å². The fraction of sp³-hybridized carbons (Fsp3) is 0.440. The molecule has 0 aliphatic carbocycles. The number of anilines is 1. The summed E-state index contributed by atoms with van der Waals surface area (Å²) in [5.41, 5.74) is 5.70. The summed E-state index contributed by atoms with van der Waals surface area (Å²) in [5, 5.41) is 0. The summed E-state index contributed by atoms with van der Waals surface area (Å²) in [4.78, 5) is 28.8. The minimum absolute atomic E-state index is 0.0194. The molecule has 2 aromatic rings. The lowest BCUT2D eigenvalue weighted by Gasteiger charge is -2.38. The van der Waals surface area contributed by atoms with E-state index in [1.165, 1.54) is 25.0 Å². The molecule has 4 rings (SSSR count). The van der Waals surface area contributed by atoms with Gasteiger partial charge < -0.3 is 15.5 Å². The van der Waals surface area contributed by atoms with Crippen molar-refractivity contribution in [2.24, 2.45) is 5.73 Å². The molecule has 5 nitrogen and oxygen atoms in total. The Bertz CT molecular complexity index is 1020. The number of carbonyl (C=O) groups is 2. The Morgan fingerprint density at radius 1 is 0.939 bits per heavy atom. The number of nitrogens with zero attached hydrogens (tertiary/aromatic N) is 2. The van der Waals surface area contributed by atoms with Crippen LogP contribution in [0.1, 0.15) is 57.5 Å². The van der Waals surface area contributed by atoms with Crippen LogP contribution in [0.15, 0.2) is 42.5 Å². The zero-order valence-corrected chi connectivity index (χ0v) is 18.4. The predicted octanol–water partition coefficient (Wildman–Crippen LogP) is 4.29. The second kappa shape index (κ2) is 9.55. The lowest BCUT2D eigenvalue weighted by Crippen LogP contribution is -2.44. The van der Waals surface area contributed by atoms with Crippen molar-refractivity contribution < 1.29 is 22.8 Å². The highest BCUT2D eigenvalue weighted by atomic mass is 19.4. The van der Waals surface area contributed by atoms with Gasteiger partial charge >= 0.3 is 6.18 Å². The fourth-order valence-electron chi connectivity index (χ4n) is 4.84. The Kier molecular flexibility index (Phi) is 6.74. The van der Waals surface area contributed by atoms with E-state index in [-0.39, 0.29) is 17.5 Å². The van der Waals surface area contributed by atoms with Crippen molar-refractivity contribution >= 4 is 17.4 Å². The number of primary amides is 1. The zero-order chi connectivity index (χ0) is 23.6. The molecule has 2 aliphatic heterocycles. The van der Waals surface area contributed by atoms with Crippen LogP contribution in [0.25, 0.3) is 0 Å². The molecule has 0 aromatic heterocycles.